The fraction of sp³-hybridized carbons (Fsp3) is 0.103. The van der Waals surface area contributed by atoms with Crippen LogP contribution in [0.3, 0.4) is 0 Å². The second-order valence-electron chi connectivity index (χ2n) is 8.19. The summed E-state index contributed by atoms with van der Waals surface area (Å²) in [6.07, 6.45) is -0.288. The molecule has 2 nitrogen and oxygen atoms in total. The normalized spacial score (nSPS) is 11.6. The lowest BCUT2D eigenvalue weighted by Gasteiger charge is -2.13. The van der Waals surface area contributed by atoms with Crippen molar-refractivity contribution in [1.82, 2.24) is 9.97 Å². The molecule has 0 aliphatic rings. The first-order chi connectivity index (χ1) is 16.4. The Balaban J connectivity index is 1.53. The van der Waals surface area contributed by atoms with Gasteiger partial charge in [0.2, 0.25) is 0 Å². The third kappa shape index (κ3) is 4.42. The second kappa shape index (κ2) is 8.75. The van der Waals surface area contributed by atoms with Gasteiger partial charge in [-0.2, -0.15) is 13.2 Å². The van der Waals surface area contributed by atoms with Crippen molar-refractivity contribution in [3.63, 3.8) is 0 Å². The summed E-state index contributed by atoms with van der Waals surface area (Å²) in [6, 6.07) is 25.8. The summed E-state index contributed by atoms with van der Waals surface area (Å²) < 4.78 is 40.3. The Hall–Kier alpha value is -3.99. The fourth-order valence-electron chi connectivity index (χ4n) is 4.06. The third-order valence-corrected chi connectivity index (χ3v) is 5.93. The van der Waals surface area contributed by atoms with Crippen LogP contribution in [0.15, 0.2) is 97.3 Å². The molecule has 0 radical (unpaired) electrons. The van der Waals surface area contributed by atoms with E-state index in [4.69, 9.17) is 0 Å². The molecule has 0 atom stereocenters. The van der Waals surface area contributed by atoms with Crippen LogP contribution in [0.5, 0.6) is 0 Å². The molecule has 5 heteroatoms. The van der Waals surface area contributed by atoms with E-state index < -0.39 is 11.7 Å². The highest BCUT2D eigenvalue weighted by atomic mass is 19.4. The lowest BCUT2D eigenvalue weighted by Crippen LogP contribution is -2.06. The van der Waals surface area contributed by atoms with Crippen molar-refractivity contribution in [2.75, 3.05) is 0 Å². The number of hydrogen-bond acceptors (Lipinski definition) is 2. The minimum Gasteiger partial charge on any atom is -0.255 e. The standard InChI is InChI=1S/C29H21F3N2/c1-2-19-13-24(17-26(14-19)29(30,31)32)22-9-7-20-6-8-21(15-25(20)16-22)23-10-11-28(34-18-23)27-5-3-4-12-33-27/h3-18H,2H2,1H3. The zero-order valence-electron chi connectivity index (χ0n) is 18.5. The van der Waals surface area contributed by atoms with Crippen molar-refractivity contribution in [2.45, 2.75) is 19.5 Å². The number of hydrogen-bond donors (Lipinski definition) is 0. The molecule has 0 bridgehead atoms. The van der Waals surface area contributed by atoms with Crippen molar-refractivity contribution in [3.05, 3.63) is 108 Å². The molecule has 0 saturated carbocycles. The van der Waals surface area contributed by atoms with E-state index in [2.05, 4.69) is 9.97 Å². The Morgan fingerprint density at radius 2 is 1.35 bits per heavy atom. The highest BCUT2D eigenvalue weighted by Gasteiger charge is 2.31. The molecule has 5 rings (SSSR count). The van der Waals surface area contributed by atoms with Crippen molar-refractivity contribution in [2.24, 2.45) is 0 Å². The molecule has 2 aromatic heterocycles. The Kier molecular flexibility index (Phi) is 5.62. The summed E-state index contributed by atoms with van der Waals surface area (Å²) in [5.74, 6) is 0. The van der Waals surface area contributed by atoms with Gasteiger partial charge in [-0.15, -0.1) is 0 Å². The molecule has 0 amide bonds. The fourth-order valence-corrected chi connectivity index (χ4v) is 4.06. The number of fused-ring (bicyclic) bond motifs is 1. The van der Waals surface area contributed by atoms with Gasteiger partial charge < -0.3 is 0 Å². The number of alkyl halides is 3. The van der Waals surface area contributed by atoms with E-state index in [0.717, 1.165) is 38.9 Å². The molecule has 2 heterocycles. The van der Waals surface area contributed by atoms with E-state index in [1.165, 1.54) is 12.1 Å². The van der Waals surface area contributed by atoms with Crippen LogP contribution in [0, 0.1) is 0 Å². The average molecular weight is 454 g/mol. The van der Waals surface area contributed by atoms with Crippen LogP contribution < -0.4 is 0 Å². The maximum absolute atomic E-state index is 13.4. The monoisotopic (exact) mass is 454 g/mol. The molecule has 3 aromatic carbocycles. The van der Waals surface area contributed by atoms with Gasteiger partial charge in [-0.3, -0.25) is 9.97 Å². The van der Waals surface area contributed by atoms with Gasteiger partial charge in [0.25, 0.3) is 0 Å². The lowest BCUT2D eigenvalue weighted by atomic mass is 9.95. The molecule has 34 heavy (non-hydrogen) atoms. The first-order valence-corrected chi connectivity index (χ1v) is 11.0. The number of rotatable bonds is 4. The lowest BCUT2D eigenvalue weighted by molar-refractivity contribution is -0.137. The predicted molar refractivity (Wildman–Crippen MR) is 130 cm³/mol. The second-order valence-corrected chi connectivity index (χ2v) is 8.19. The van der Waals surface area contributed by atoms with E-state index in [-0.39, 0.29) is 0 Å². The van der Waals surface area contributed by atoms with E-state index in [1.807, 2.05) is 85.9 Å². The van der Waals surface area contributed by atoms with Crippen LogP contribution in [0.1, 0.15) is 18.1 Å². The minimum absolute atomic E-state index is 0.538. The molecule has 168 valence electrons. The summed E-state index contributed by atoms with van der Waals surface area (Å²) in [4.78, 5) is 8.88. The van der Waals surface area contributed by atoms with Crippen molar-refractivity contribution >= 4 is 10.8 Å². The zero-order valence-corrected chi connectivity index (χ0v) is 18.5. The summed E-state index contributed by atoms with van der Waals surface area (Å²) in [5, 5.41) is 1.98. The van der Waals surface area contributed by atoms with Gasteiger partial charge in [0.15, 0.2) is 0 Å². The summed E-state index contributed by atoms with van der Waals surface area (Å²) in [7, 11) is 0. The maximum Gasteiger partial charge on any atom is 0.416 e. The molecule has 0 N–H and O–H groups in total. The number of nitrogens with zero attached hydrogens (tertiary/aromatic N) is 2. The first kappa shape index (κ1) is 21.8. The van der Waals surface area contributed by atoms with Crippen LogP contribution in [-0.4, -0.2) is 9.97 Å². The molecule has 0 fully saturated rings. The van der Waals surface area contributed by atoms with Crippen LogP contribution >= 0.6 is 0 Å². The SMILES string of the molecule is CCc1cc(-c2ccc3ccc(-c4ccc(-c5ccccn5)nc4)cc3c2)cc(C(F)(F)F)c1. The molecule has 0 saturated heterocycles. The van der Waals surface area contributed by atoms with Crippen LogP contribution in [0.4, 0.5) is 13.2 Å². The van der Waals surface area contributed by atoms with Crippen molar-refractivity contribution in [1.29, 1.82) is 0 Å². The summed E-state index contributed by atoms with van der Waals surface area (Å²) in [5.41, 5.74) is 4.93. The predicted octanol–water partition coefficient (Wildman–Crippen LogP) is 8.21. The number of aromatic nitrogens is 2. The Labute approximate surface area is 195 Å². The molecule has 5 aromatic rings. The van der Waals surface area contributed by atoms with E-state index >= 15 is 0 Å². The first-order valence-electron chi connectivity index (χ1n) is 11.0. The van der Waals surface area contributed by atoms with Gasteiger partial charge in [-0.05, 0) is 81.9 Å². The number of benzene rings is 3. The summed E-state index contributed by atoms with van der Waals surface area (Å²) >= 11 is 0. The maximum atomic E-state index is 13.4. The largest absolute Gasteiger partial charge is 0.416 e. The van der Waals surface area contributed by atoms with Gasteiger partial charge in [0.1, 0.15) is 0 Å². The summed E-state index contributed by atoms with van der Waals surface area (Å²) in [6.45, 7) is 1.86. The van der Waals surface area contributed by atoms with Gasteiger partial charge in [-0.1, -0.05) is 49.4 Å². The Morgan fingerprint density at radius 1 is 0.647 bits per heavy atom. The molecule has 0 spiro atoms. The molecule has 0 aliphatic carbocycles. The molecule has 0 unspecified atom stereocenters. The number of pyridine rings is 2. The van der Waals surface area contributed by atoms with Crippen LogP contribution in [-0.2, 0) is 12.6 Å². The van der Waals surface area contributed by atoms with Crippen molar-refractivity contribution < 1.29 is 13.2 Å². The van der Waals surface area contributed by atoms with Gasteiger partial charge in [0, 0.05) is 18.0 Å². The van der Waals surface area contributed by atoms with Crippen LogP contribution in [0.25, 0.3) is 44.4 Å². The smallest absolute Gasteiger partial charge is 0.255 e. The van der Waals surface area contributed by atoms with Gasteiger partial charge in [-0.25, -0.2) is 0 Å². The van der Waals surface area contributed by atoms with Gasteiger partial charge >= 0.3 is 6.18 Å². The third-order valence-electron chi connectivity index (χ3n) is 5.93. The molecule has 0 aliphatic heterocycles. The minimum atomic E-state index is -4.38. The van der Waals surface area contributed by atoms with Crippen LogP contribution in [0.2, 0.25) is 0 Å². The van der Waals surface area contributed by atoms with Crippen molar-refractivity contribution in [3.8, 4) is 33.6 Å². The quantitative estimate of drug-likeness (QED) is 0.273. The van der Waals surface area contributed by atoms with Gasteiger partial charge in [0.05, 0.1) is 17.0 Å². The number of aryl methyl sites for hydroxylation is 1. The Bertz CT molecular complexity index is 1460. The van der Waals surface area contributed by atoms with E-state index in [0.29, 0.717) is 17.5 Å². The molecular weight excluding hydrogens is 433 g/mol. The van der Waals surface area contributed by atoms with E-state index in [9.17, 15) is 13.2 Å². The number of halogens is 3. The van der Waals surface area contributed by atoms with E-state index in [1.54, 1.807) is 6.20 Å². The highest BCUT2D eigenvalue weighted by Crippen LogP contribution is 2.35. The zero-order chi connectivity index (χ0) is 23.7. The topological polar surface area (TPSA) is 25.8 Å². The molecular formula is C29H21F3N2. The average Bonchev–Trinajstić information content (AvgIpc) is 2.88. The Morgan fingerprint density at radius 3 is 1.97 bits per heavy atom. The highest BCUT2D eigenvalue weighted by molar-refractivity contribution is 5.91.